The van der Waals surface area contributed by atoms with Crippen molar-refractivity contribution in [1.82, 2.24) is 4.90 Å². The summed E-state index contributed by atoms with van der Waals surface area (Å²) in [5.41, 5.74) is 0.727. The highest BCUT2D eigenvalue weighted by atomic mass is 35.5. The summed E-state index contributed by atoms with van der Waals surface area (Å²) in [6.45, 7) is 3.31. The number of rotatable bonds is 4. The topological polar surface area (TPSA) is 49.8 Å². The predicted molar refractivity (Wildman–Crippen MR) is 78.0 cm³/mol. The number of halogens is 1. The fraction of sp³-hybridized carbons (Fsp3) is 0.533. The Morgan fingerprint density at radius 3 is 2.70 bits per heavy atom. The van der Waals surface area contributed by atoms with E-state index >= 15 is 0 Å². The molecular weight excluding hydrogens is 278 g/mol. The molecule has 0 spiro atoms. The number of carbonyl (C=O) groups excluding carboxylic acids is 1. The first-order chi connectivity index (χ1) is 9.58. The summed E-state index contributed by atoms with van der Waals surface area (Å²) in [4.78, 5) is 13.8. The van der Waals surface area contributed by atoms with Crippen molar-refractivity contribution in [3.63, 3.8) is 0 Å². The molecule has 2 rings (SSSR count). The van der Waals surface area contributed by atoms with Gasteiger partial charge in [-0.15, -0.1) is 0 Å². The Morgan fingerprint density at radius 2 is 2.10 bits per heavy atom. The Balaban J connectivity index is 1.91. The maximum atomic E-state index is 12.0. The molecule has 1 aromatic carbocycles. The quantitative estimate of drug-likeness (QED) is 0.930. The van der Waals surface area contributed by atoms with Crippen molar-refractivity contribution < 1.29 is 14.6 Å². The van der Waals surface area contributed by atoms with E-state index in [1.54, 1.807) is 25.1 Å². The molecule has 0 unspecified atom stereocenters. The average molecular weight is 298 g/mol. The molecular formula is C15H20ClNO3. The Bertz CT molecular complexity index is 470. The summed E-state index contributed by atoms with van der Waals surface area (Å²) in [6, 6.07) is 5.10. The van der Waals surface area contributed by atoms with Crippen LogP contribution in [-0.2, 0) is 4.79 Å². The standard InChI is InChI=1S/C15H20ClNO3/c1-11(18)12-5-6-14(13(16)9-12)20-10-15(19)17-7-3-2-4-8-17/h5-6,9,11,18H,2-4,7-8,10H2,1H3/t11-/m1/s1. The molecule has 0 aliphatic carbocycles. The van der Waals surface area contributed by atoms with Crippen LogP contribution in [0.25, 0.3) is 0 Å². The molecule has 1 atom stereocenters. The number of piperidine rings is 1. The molecule has 110 valence electrons. The van der Waals surface area contributed by atoms with Gasteiger partial charge in [0.05, 0.1) is 11.1 Å². The summed E-state index contributed by atoms with van der Waals surface area (Å²) >= 11 is 6.08. The smallest absolute Gasteiger partial charge is 0.260 e. The summed E-state index contributed by atoms with van der Waals surface area (Å²) in [5.74, 6) is 0.474. The van der Waals surface area contributed by atoms with Crippen LogP contribution in [0.15, 0.2) is 18.2 Å². The van der Waals surface area contributed by atoms with Crippen LogP contribution < -0.4 is 4.74 Å². The minimum absolute atomic E-state index is 0.000342. The summed E-state index contributed by atoms with van der Waals surface area (Å²) in [5, 5.41) is 9.88. The van der Waals surface area contributed by atoms with Crippen LogP contribution in [0.2, 0.25) is 5.02 Å². The van der Waals surface area contributed by atoms with Crippen molar-refractivity contribution in [3.8, 4) is 5.75 Å². The normalized spacial score (nSPS) is 16.9. The molecule has 5 heteroatoms. The van der Waals surface area contributed by atoms with E-state index < -0.39 is 6.10 Å². The van der Waals surface area contributed by atoms with E-state index in [-0.39, 0.29) is 12.5 Å². The van der Waals surface area contributed by atoms with E-state index in [9.17, 15) is 9.90 Å². The second-order valence-corrected chi connectivity index (χ2v) is 5.50. The molecule has 4 nitrogen and oxygen atoms in total. The number of carbonyl (C=O) groups is 1. The van der Waals surface area contributed by atoms with Crippen LogP contribution in [0.4, 0.5) is 0 Å². The Morgan fingerprint density at radius 1 is 1.40 bits per heavy atom. The number of hydrogen-bond donors (Lipinski definition) is 1. The minimum Gasteiger partial charge on any atom is -0.482 e. The highest BCUT2D eigenvalue weighted by molar-refractivity contribution is 6.32. The van der Waals surface area contributed by atoms with Gasteiger partial charge in [0, 0.05) is 13.1 Å². The fourth-order valence-corrected chi connectivity index (χ4v) is 2.51. The number of hydrogen-bond acceptors (Lipinski definition) is 3. The zero-order valence-electron chi connectivity index (χ0n) is 11.6. The first-order valence-corrected chi connectivity index (χ1v) is 7.34. The van der Waals surface area contributed by atoms with Gasteiger partial charge in [-0.1, -0.05) is 17.7 Å². The number of benzene rings is 1. The average Bonchev–Trinajstić information content (AvgIpc) is 2.46. The third-order valence-electron chi connectivity index (χ3n) is 3.50. The molecule has 0 saturated carbocycles. The molecule has 0 aromatic heterocycles. The van der Waals surface area contributed by atoms with E-state index in [1.165, 1.54) is 6.42 Å². The number of nitrogens with zero attached hydrogens (tertiary/aromatic N) is 1. The number of aliphatic hydroxyl groups is 1. The van der Waals surface area contributed by atoms with Gasteiger partial charge < -0.3 is 14.7 Å². The second-order valence-electron chi connectivity index (χ2n) is 5.10. The maximum absolute atomic E-state index is 12.0. The summed E-state index contributed by atoms with van der Waals surface area (Å²) < 4.78 is 5.48. The lowest BCUT2D eigenvalue weighted by Gasteiger charge is -2.26. The predicted octanol–water partition coefficient (Wildman–Crippen LogP) is 2.78. The van der Waals surface area contributed by atoms with Gasteiger partial charge in [0.1, 0.15) is 5.75 Å². The van der Waals surface area contributed by atoms with Gasteiger partial charge in [0.2, 0.25) is 0 Å². The number of likely N-dealkylation sites (tertiary alicyclic amines) is 1. The monoisotopic (exact) mass is 297 g/mol. The van der Waals surface area contributed by atoms with Gasteiger partial charge in [-0.05, 0) is 43.9 Å². The van der Waals surface area contributed by atoms with Crippen LogP contribution in [0.5, 0.6) is 5.75 Å². The van der Waals surface area contributed by atoms with Gasteiger partial charge in [0.15, 0.2) is 6.61 Å². The van der Waals surface area contributed by atoms with Crippen molar-refractivity contribution in [2.24, 2.45) is 0 Å². The minimum atomic E-state index is -0.573. The molecule has 1 saturated heterocycles. The van der Waals surface area contributed by atoms with Gasteiger partial charge in [0.25, 0.3) is 5.91 Å². The Labute approximate surface area is 124 Å². The number of amides is 1. The molecule has 1 aliphatic heterocycles. The van der Waals surface area contributed by atoms with Crippen molar-refractivity contribution in [1.29, 1.82) is 0 Å². The van der Waals surface area contributed by atoms with Crippen molar-refractivity contribution >= 4 is 17.5 Å². The third-order valence-corrected chi connectivity index (χ3v) is 3.79. The Hall–Kier alpha value is -1.26. The van der Waals surface area contributed by atoms with E-state index in [0.717, 1.165) is 31.5 Å². The van der Waals surface area contributed by atoms with Crippen LogP contribution >= 0.6 is 11.6 Å². The van der Waals surface area contributed by atoms with Gasteiger partial charge in [-0.3, -0.25) is 4.79 Å². The molecule has 1 heterocycles. The van der Waals surface area contributed by atoms with Crippen LogP contribution in [0.3, 0.4) is 0 Å². The summed E-state index contributed by atoms with van der Waals surface area (Å²) in [6.07, 6.45) is 2.75. The molecule has 0 radical (unpaired) electrons. The van der Waals surface area contributed by atoms with Gasteiger partial charge in [-0.2, -0.15) is 0 Å². The zero-order valence-corrected chi connectivity index (χ0v) is 12.4. The largest absolute Gasteiger partial charge is 0.482 e. The maximum Gasteiger partial charge on any atom is 0.260 e. The van der Waals surface area contributed by atoms with Crippen molar-refractivity contribution in [2.75, 3.05) is 19.7 Å². The second kappa shape index (κ2) is 6.95. The molecule has 1 amide bonds. The summed E-state index contributed by atoms with van der Waals surface area (Å²) in [7, 11) is 0. The molecule has 1 aliphatic rings. The van der Waals surface area contributed by atoms with Gasteiger partial charge >= 0.3 is 0 Å². The highest BCUT2D eigenvalue weighted by Crippen LogP contribution is 2.28. The van der Waals surface area contributed by atoms with Crippen LogP contribution in [0, 0.1) is 0 Å². The van der Waals surface area contributed by atoms with Crippen LogP contribution in [-0.4, -0.2) is 35.6 Å². The molecule has 0 bridgehead atoms. The lowest BCUT2D eigenvalue weighted by atomic mass is 10.1. The lowest BCUT2D eigenvalue weighted by molar-refractivity contribution is -0.134. The van der Waals surface area contributed by atoms with E-state index in [4.69, 9.17) is 16.3 Å². The first kappa shape index (κ1) is 15.1. The molecule has 20 heavy (non-hydrogen) atoms. The zero-order chi connectivity index (χ0) is 14.5. The van der Waals surface area contributed by atoms with E-state index in [0.29, 0.717) is 10.8 Å². The van der Waals surface area contributed by atoms with Gasteiger partial charge in [-0.25, -0.2) is 0 Å². The Kier molecular flexibility index (Phi) is 5.26. The highest BCUT2D eigenvalue weighted by Gasteiger charge is 2.17. The van der Waals surface area contributed by atoms with Crippen LogP contribution in [0.1, 0.15) is 37.9 Å². The molecule has 1 aromatic rings. The molecule has 1 N–H and O–H groups in total. The number of aliphatic hydroxyl groups excluding tert-OH is 1. The first-order valence-electron chi connectivity index (χ1n) is 6.96. The van der Waals surface area contributed by atoms with Crippen molar-refractivity contribution in [2.45, 2.75) is 32.3 Å². The van der Waals surface area contributed by atoms with Crippen molar-refractivity contribution in [3.05, 3.63) is 28.8 Å². The number of ether oxygens (including phenoxy) is 1. The lowest BCUT2D eigenvalue weighted by Crippen LogP contribution is -2.38. The third kappa shape index (κ3) is 3.87. The SMILES string of the molecule is C[C@@H](O)c1ccc(OCC(=O)N2CCCCC2)c(Cl)c1. The fourth-order valence-electron chi connectivity index (χ4n) is 2.27. The molecule has 1 fully saturated rings. The van der Waals surface area contributed by atoms with E-state index in [1.807, 2.05) is 4.90 Å². The van der Waals surface area contributed by atoms with E-state index in [2.05, 4.69) is 0 Å².